The molecule has 2 amide bonds. The molecule has 0 aliphatic carbocycles. The molecule has 1 aromatic heterocycles. The summed E-state index contributed by atoms with van der Waals surface area (Å²) < 4.78 is 14.5. The van der Waals surface area contributed by atoms with Gasteiger partial charge >= 0.3 is 5.97 Å². The van der Waals surface area contributed by atoms with Gasteiger partial charge in [0.1, 0.15) is 22.9 Å². The second kappa shape index (κ2) is 8.88. The number of carbonyl (C=O) groups is 3. The van der Waals surface area contributed by atoms with Crippen molar-refractivity contribution in [1.82, 2.24) is 30.4 Å². The molecule has 0 radical (unpaired) electrons. The summed E-state index contributed by atoms with van der Waals surface area (Å²) in [6.07, 6.45) is -1.59. The van der Waals surface area contributed by atoms with Crippen LogP contribution in [0.5, 0.6) is 0 Å². The molecule has 3 unspecified atom stereocenters. The Balaban J connectivity index is 1.45. The number of thioether (sulfide) groups is 2. The summed E-state index contributed by atoms with van der Waals surface area (Å²) in [6, 6.07) is 3.78. The molecule has 1 aromatic carbocycles. The number of nitrogens with zero attached hydrogens (tertiary/aromatic N) is 5. The number of amides is 2. The Kier molecular flexibility index (Phi) is 6.17. The third-order valence-corrected chi connectivity index (χ3v) is 7.37. The molecule has 4 rings (SSSR count). The number of carboxylic acids is 1. The third kappa shape index (κ3) is 4.08. The molecule has 168 valence electrons. The number of hydrogen-bond acceptors (Lipinski definition) is 9. The number of tetrazole rings is 1. The normalized spacial score (nSPS) is 21.1. The number of aliphatic hydroxyl groups excluding tert-OH is 1. The Bertz CT molecular complexity index is 1110. The number of halogens is 1. The number of aryl methyl sites for hydroxylation is 1. The van der Waals surface area contributed by atoms with Crippen LogP contribution in [0.15, 0.2) is 40.7 Å². The van der Waals surface area contributed by atoms with Crippen molar-refractivity contribution in [3.8, 4) is 0 Å². The predicted molar refractivity (Wildman–Crippen MR) is 111 cm³/mol. The number of aliphatic carboxylic acids is 1. The van der Waals surface area contributed by atoms with E-state index < -0.39 is 41.1 Å². The lowest BCUT2D eigenvalue weighted by Gasteiger charge is -2.49. The summed E-state index contributed by atoms with van der Waals surface area (Å²) >= 11 is 2.56. The summed E-state index contributed by atoms with van der Waals surface area (Å²) in [5.74, 6) is -2.55. The summed E-state index contributed by atoms with van der Waals surface area (Å²) in [4.78, 5) is 38.2. The first kappa shape index (κ1) is 22.2. The van der Waals surface area contributed by atoms with E-state index in [1.165, 1.54) is 40.3 Å². The Morgan fingerprint density at radius 1 is 1.38 bits per heavy atom. The highest BCUT2D eigenvalue weighted by Gasteiger charge is 2.54. The highest BCUT2D eigenvalue weighted by molar-refractivity contribution is 8.01. The number of β-lactam (4-membered cyclic amide) rings is 1. The minimum absolute atomic E-state index is 0.119. The molecule has 0 saturated carbocycles. The first-order valence-electron chi connectivity index (χ1n) is 9.27. The number of nitrogens with one attached hydrogen (secondary N) is 1. The first-order chi connectivity index (χ1) is 15.3. The number of carbonyl (C=O) groups excluding carboxylic acids is 2. The van der Waals surface area contributed by atoms with Crippen molar-refractivity contribution in [2.75, 3.05) is 11.5 Å². The maximum atomic E-state index is 13.1. The molecule has 14 heteroatoms. The third-order valence-electron chi connectivity index (χ3n) is 4.94. The number of fused-ring (bicyclic) bond motifs is 1. The minimum Gasteiger partial charge on any atom is -0.477 e. The lowest BCUT2D eigenvalue weighted by molar-refractivity contribution is -0.151. The summed E-state index contributed by atoms with van der Waals surface area (Å²) in [6.45, 7) is 0. The molecule has 3 atom stereocenters. The van der Waals surface area contributed by atoms with Crippen molar-refractivity contribution >= 4 is 41.3 Å². The quantitative estimate of drug-likeness (QED) is 0.362. The van der Waals surface area contributed by atoms with E-state index in [0.717, 1.165) is 17.0 Å². The smallest absolute Gasteiger partial charge is 0.352 e. The van der Waals surface area contributed by atoms with E-state index in [9.17, 15) is 29.0 Å². The van der Waals surface area contributed by atoms with Crippen LogP contribution >= 0.6 is 23.5 Å². The topological polar surface area (TPSA) is 151 Å². The molecule has 0 bridgehead atoms. The Hall–Kier alpha value is -2.97. The maximum Gasteiger partial charge on any atom is 0.352 e. The zero-order valence-corrected chi connectivity index (χ0v) is 18.1. The van der Waals surface area contributed by atoms with Crippen LogP contribution in [0, 0.1) is 5.82 Å². The van der Waals surface area contributed by atoms with Crippen LogP contribution < -0.4 is 5.32 Å². The molecule has 2 aliphatic rings. The second-order valence-corrected chi connectivity index (χ2v) is 9.03. The zero-order valence-electron chi connectivity index (χ0n) is 16.5. The summed E-state index contributed by atoms with van der Waals surface area (Å²) in [5.41, 5.74) is 0.592. The van der Waals surface area contributed by atoms with Gasteiger partial charge in [-0.3, -0.25) is 14.5 Å². The maximum absolute atomic E-state index is 13.1. The highest BCUT2D eigenvalue weighted by atomic mass is 32.2. The molecular formula is C18H17FN6O5S2. The molecular weight excluding hydrogens is 463 g/mol. The highest BCUT2D eigenvalue weighted by Crippen LogP contribution is 2.41. The van der Waals surface area contributed by atoms with Crippen molar-refractivity contribution in [1.29, 1.82) is 0 Å². The van der Waals surface area contributed by atoms with E-state index in [2.05, 4.69) is 20.8 Å². The lowest BCUT2D eigenvalue weighted by atomic mass is 10.0. The fourth-order valence-electron chi connectivity index (χ4n) is 3.32. The van der Waals surface area contributed by atoms with E-state index in [4.69, 9.17) is 0 Å². The number of benzene rings is 1. The SMILES string of the molecule is Cn1nnnc1SCC1=C(C(=O)O)N2C(=O)C(NC(=O)C(O)c3ccc(F)cc3)C2SC1. The number of hydrogen-bond donors (Lipinski definition) is 3. The van der Waals surface area contributed by atoms with Crippen LogP contribution in [-0.2, 0) is 21.4 Å². The molecule has 0 spiro atoms. The van der Waals surface area contributed by atoms with Crippen LogP contribution in [0.1, 0.15) is 11.7 Å². The lowest BCUT2D eigenvalue weighted by Crippen LogP contribution is -2.70. The van der Waals surface area contributed by atoms with Gasteiger partial charge in [0.2, 0.25) is 5.16 Å². The van der Waals surface area contributed by atoms with Crippen molar-refractivity contribution in [2.24, 2.45) is 7.05 Å². The van der Waals surface area contributed by atoms with Crippen molar-refractivity contribution in [3.05, 3.63) is 46.9 Å². The van der Waals surface area contributed by atoms with Crippen molar-refractivity contribution < 1.29 is 29.0 Å². The first-order valence-corrected chi connectivity index (χ1v) is 11.3. The summed E-state index contributed by atoms with van der Waals surface area (Å²) in [5, 5.41) is 33.4. The Labute approximate surface area is 189 Å². The van der Waals surface area contributed by atoms with Gasteiger partial charge in [-0.25, -0.2) is 13.9 Å². The second-order valence-electron chi connectivity index (χ2n) is 6.98. The molecule has 11 nitrogen and oxygen atoms in total. The predicted octanol–water partition coefficient (Wildman–Crippen LogP) is -0.0865. The Morgan fingerprint density at radius 2 is 2.09 bits per heavy atom. The summed E-state index contributed by atoms with van der Waals surface area (Å²) in [7, 11) is 1.66. The van der Waals surface area contributed by atoms with E-state index >= 15 is 0 Å². The van der Waals surface area contributed by atoms with Gasteiger partial charge in [0.05, 0.1) is 0 Å². The number of aliphatic hydroxyl groups is 1. The van der Waals surface area contributed by atoms with E-state index in [0.29, 0.717) is 16.5 Å². The van der Waals surface area contributed by atoms with E-state index in [-0.39, 0.29) is 17.0 Å². The monoisotopic (exact) mass is 480 g/mol. The van der Waals surface area contributed by atoms with Gasteiger partial charge in [0.25, 0.3) is 11.8 Å². The molecule has 3 N–H and O–H groups in total. The standard InChI is InChI=1S/C18H17FN6O5S2/c1-24-18(21-22-23-24)32-7-9-6-31-16-11(15(28)25(16)12(9)17(29)30)20-14(27)13(26)8-2-4-10(19)5-3-8/h2-5,11,13,16,26H,6-7H2,1H3,(H,20,27)(H,29,30). The molecule has 2 aromatic rings. The molecule has 1 saturated heterocycles. The zero-order chi connectivity index (χ0) is 23.0. The molecule has 3 heterocycles. The van der Waals surface area contributed by atoms with Crippen LogP contribution in [0.25, 0.3) is 0 Å². The van der Waals surface area contributed by atoms with Gasteiger partial charge in [0.15, 0.2) is 6.10 Å². The Morgan fingerprint density at radius 3 is 2.72 bits per heavy atom. The van der Waals surface area contributed by atoms with Crippen molar-refractivity contribution in [3.63, 3.8) is 0 Å². The molecule has 32 heavy (non-hydrogen) atoms. The van der Waals surface area contributed by atoms with E-state index in [1.54, 1.807) is 7.05 Å². The average molecular weight is 481 g/mol. The number of carboxylic acid groups (broad SMARTS) is 1. The number of aromatic nitrogens is 4. The minimum atomic E-state index is -1.59. The van der Waals surface area contributed by atoms with Crippen LogP contribution in [0.4, 0.5) is 4.39 Å². The fraction of sp³-hybridized carbons (Fsp3) is 0.333. The van der Waals surface area contributed by atoms with Crippen LogP contribution in [0.2, 0.25) is 0 Å². The van der Waals surface area contributed by atoms with Gasteiger partial charge < -0.3 is 15.5 Å². The largest absolute Gasteiger partial charge is 0.477 e. The van der Waals surface area contributed by atoms with Gasteiger partial charge in [-0.05, 0) is 33.7 Å². The van der Waals surface area contributed by atoms with Gasteiger partial charge in [-0.1, -0.05) is 23.9 Å². The molecule has 1 fully saturated rings. The van der Waals surface area contributed by atoms with Gasteiger partial charge in [0, 0.05) is 18.6 Å². The fourth-order valence-corrected chi connectivity index (χ4v) is 5.65. The van der Waals surface area contributed by atoms with Crippen LogP contribution in [0.3, 0.4) is 0 Å². The van der Waals surface area contributed by atoms with E-state index in [1.807, 2.05) is 0 Å². The van der Waals surface area contributed by atoms with Gasteiger partial charge in [-0.2, -0.15) is 0 Å². The van der Waals surface area contributed by atoms with Gasteiger partial charge in [-0.15, -0.1) is 16.9 Å². The van der Waals surface area contributed by atoms with Crippen LogP contribution in [-0.4, -0.2) is 76.0 Å². The number of rotatable bonds is 7. The average Bonchev–Trinajstić information content (AvgIpc) is 3.19. The van der Waals surface area contributed by atoms with Crippen molar-refractivity contribution in [2.45, 2.75) is 22.7 Å². The molecule has 2 aliphatic heterocycles.